The first-order valence-electron chi connectivity index (χ1n) is 6.82. The highest BCUT2D eigenvalue weighted by Crippen LogP contribution is 2.19. The van der Waals surface area contributed by atoms with Crippen molar-refractivity contribution in [1.29, 1.82) is 0 Å². The molecule has 0 saturated heterocycles. The third-order valence-electron chi connectivity index (χ3n) is 2.92. The molecule has 6 heteroatoms. The van der Waals surface area contributed by atoms with E-state index in [0.717, 1.165) is 14.7 Å². The molecule has 1 aromatic heterocycles. The minimum atomic E-state index is -3.56. The summed E-state index contributed by atoms with van der Waals surface area (Å²) in [6.07, 6.45) is 3.22. The first-order valence-corrected chi connectivity index (χ1v) is 12.8. The summed E-state index contributed by atoms with van der Waals surface area (Å²) in [7, 11) is -5.05. The largest absolute Gasteiger partial charge is 0.267 e. The van der Waals surface area contributed by atoms with Gasteiger partial charge in [0, 0.05) is 16.0 Å². The minimum absolute atomic E-state index is 0.286. The van der Waals surface area contributed by atoms with Crippen molar-refractivity contribution in [1.82, 2.24) is 3.97 Å². The van der Waals surface area contributed by atoms with E-state index in [9.17, 15) is 8.42 Å². The van der Waals surface area contributed by atoms with E-state index < -0.39 is 18.1 Å². The summed E-state index contributed by atoms with van der Waals surface area (Å²) in [6.45, 7) is 8.41. The molecule has 0 amide bonds. The second kappa shape index (κ2) is 6.22. The van der Waals surface area contributed by atoms with Crippen LogP contribution in [-0.4, -0.2) is 20.5 Å². The molecular formula is C16H18INO2SSi. The van der Waals surface area contributed by atoms with Crippen molar-refractivity contribution in [2.75, 3.05) is 0 Å². The molecule has 0 aliphatic carbocycles. The van der Waals surface area contributed by atoms with Gasteiger partial charge in [0.2, 0.25) is 0 Å². The van der Waals surface area contributed by atoms with E-state index in [4.69, 9.17) is 0 Å². The first-order chi connectivity index (χ1) is 10.1. The van der Waals surface area contributed by atoms with E-state index in [0.29, 0.717) is 0 Å². The molecule has 0 aliphatic rings. The molecule has 0 fully saturated rings. The summed E-state index contributed by atoms with van der Waals surface area (Å²) in [4.78, 5) is 0.286. The Morgan fingerprint density at radius 3 is 2.23 bits per heavy atom. The molecule has 0 spiro atoms. The van der Waals surface area contributed by atoms with E-state index in [1.807, 2.05) is 6.92 Å². The highest BCUT2D eigenvalue weighted by Gasteiger charge is 2.18. The van der Waals surface area contributed by atoms with Crippen molar-refractivity contribution in [3.05, 3.63) is 51.4 Å². The van der Waals surface area contributed by atoms with Gasteiger partial charge in [-0.25, -0.2) is 12.4 Å². The van der Waals surface area contributed by atoms with Crippen LogP contribution in [0.15, 0.2) is 41.6 Å². The van der Waals surface area contributed by atoms with Crippen LogP contribution in [0.2, 0.25) is 19.6 Å². The number of aryl methyl sites for hydroxylation is 1. The molecule has 3 nitrogen and oxygen atoms in total. The molecule has 1 heterocycles. The fourth-order valence-corrected chi connectivity index (χ4v) is 4.21. The van der Waals surface area contributed by atoms with Crippen molar-refractivity contribution in [3.63, 3.8) is 0 Å². The number of rotatable bonds is 2. The maximum absolute atomic E-state index is 12.6. The molecular weight excluding hydrogens is 425 g/mol. The van der Waals surface area contributed by atoms with Gasteiger partial charge in [-0.1, -0.05) is 43.3 Å². The second-order valence-corrected chi connectivity index (χ2v) is 13.9. The van der Waals surface area contributed by atoms with E-state index >= 15 is 0 Å². The number of hydrogen-bond acceptors (Lipinski definition) is 2. The molecule has 0 saturated carbocycles. The van der Waals surface area contributed by atoms with E-state index in [1.165, 1.54) is 3.97 Å². The average Bonchev–Trinajstić information content (AvgIpc) is 2.78. The maximum atomic E-state index is 12.6. The first kappa shape index (κ1) is 17.3. The SMILES string of the molecule is Cc1ccc(S(=O)(=O)n2cc(I)c(C#C[Si](C)(C)C)c2)cc1. The average molecular weight is 443 g/mol. The van der Waals surface area contributed by atoms with E-state index in [2.05, 4.69) is 53.7 Å². The van der Waals surface area contributed by atoms with Crippen LogP contribution in [0.25, 0.3) is 0 Å². The predicted octanol–water partition coefficient (Wildman–Crippen LogP) is 3.87. The van der Waals surface area contributed by atoms with Crippen molar-refractivity contribution in [3.8, 4) is 11.5 Å². The summed E-state index contributed by atoms with van der Waals surface area (Å²) < 4.78 is 27.4. The third kappa shape index (κ3) is 4.03. The monoisotopic (exact) mass is 443 g/mol. The zero-order chi connectivity index (χ0) is 16.5. The number of benzene rings is 1. The Bertz CT molecular complexity index is 850. The fourth-order valence-electron chi connectivity index (χ4n) is 1.72. The van der Waals surface area contributed by atoms with Crippen LogP contribution in [-0.2, 0) is 10.0 Å². The zero-order valence-electron chi connectivity index (χ0n) is 13.0. The Morgan fingerprint density at radius 1 is 1.09 bits per heavy atom. The Kier molecular flexibility index (Phi) is 4.89. The Labute approximate surface area is 147 Å². The lowest BCUT2D eigenvalue weighted by molar-refractivity contribution is 0.587. The van der Waals surface area contributed by atoms with Crippen LogP contribution in [0.3, 0.4) is 0 Å². The topological polar surface area (TPSA) is 39.1 Å². The normalized spacial score (nSPS) is 11.9. The van der Waals surface area contributed by atoms with Gasteiger partial charge < -0.3 is 0 Å². The summed E-state index contributed by atoms with van der Waals surface area (Å²) >= 11 is 2.13. The molecule has 2 aromatic rings. The third-order valence-corrected chi connectivity index (χ3v) is 6.29. The highest BCUT2D eigenvalue weighted by atomic mass is 127. The van der Waals surface area contributed by atoms with Gasteiger partial charge in [0.1, 0.15) is 8.07 Å². The van der Waals surface area contributed by atoms with Gasteiger partial charge >= 0.3 is 0 Å². The maximum Gasteiger partial charge on any atom is 0.267 e. The number of aromatic nitrogens is 1. The smallest absolute Gasteiger partial charge is 0.247 e. The van der Waals surface area contributed by atoms with Gasteiger partial charge in [-0.15, -0.1) is 5.54 Å². The molecule has 0 bridgehead atoms. The molecule has 2 rings (SSSR count). The van der Waals surface area contributed by atoms with Crippen molar-refractivity contribution in [2.45, 2.75) is 31.5 Å². The van der Waals surface area contributed by atoms with Gasteiger partial charge in [0.15, 0.2) is 0 Å². The van der Waals surface area contributed by atoms with Gasteiger partial charge in [-0.05, 0) is 41.6 Å². The van der Waals surface area contributed by atoms with Crippen molar-refractivity contribution < 1.29 is 8.42 Å². The molecule has 1 aromatic carbocycles. The van der Waals surface area contributed by atoms with Crippen LogP contribution < -0.4 is 0 Å². The van der Waals surface area contributed by atoms with Crippen molar-refractivity contribution >= 4 is 40.7 Å². The lowest BCUT2D eigenvalue weighted by atomic mass is 10.2. The Morgan fingerprint density at radius 2 is 1.68 bits per heavy atom. The number of hydrogen-bond donors (Lipinski definition) is 0. The van der Waals surface area contributed by atoms with Crippen molar-refractivity contribution in [2.24, 2.45) is 0 Å². The zero-order valence-corrected chi connectivity index (χ0v) is 17.0. The van der Waals surface area contributed by atoms with Gasteiger partial charge in [-0.2, -0.15) is 0 Å². The number of nitrogens with zero attached hydrogens (tertiary/aromatic N) is 1. The van der Waals surface area contributed by atoms with Crippen LogP contribution in [0.1, 0.15) is 11.1 Å². The molecule has 0 unspecified atom stereocenters. The standard InChI is InChI=1S/C16H18INO2SSi/c1-13-5-7-15(8-6-13)21(19,20)18-11-14(16(17)12-18)9-10-22(2,3)4/h5-8,11-12H,1-4H3. The quantitative estimate of drug-likeness (QED) is 0.402. The lowest BCUT2D eigenvalue weighted by Gasteiger charge is -2.05. The lowest BCUT2D eigenvalue weighted by Crippen LogP contribution is -2.16. The Hall–Kier alpha value is -1.04. The van der Waals surface area contributed by atoms with Gasteiger partial charge in [0.05, 0.1) is 10.5 Å². The molecule has 22 heavy (non-hydrogen) atoms. The summed E-state index contributed by atoms with van der Waals surface area (Å²) in [5.74, 6) is 3.12. The van der Waals surface area contributed by atoms with Crippen LogP contribution >= 0.6 is 22.6 Å². The van der Waals surface area contributed by atoms with Gasteiger partial charge in [0.25, 0.3) is 10.0 Å². The minimum Gasteiger partial charge on any atom is -0.247 e. The van der Waals surface area contributed by atoms with Crippen LogP contribution in [0, 0.1) is 22.0 Å². The molecule has 0 atom stereocenters. The van der Waals surface area contributed by atoms with Crippen LogP contribution in [0.5, 0.6) is 0 Å². The summed E-state index contributed by atoms with van der Waals surface area (Å²) in [5.41, 5.74) is 5.06. The Balaban J connectivity index is 2.45. The van der Waals surface area contributed by atoms with Gasteiger partial charge in [-0.3, -0.25) is 0 Å². The fraction of sp³-hybridized carbons (Fsp3) is 0.250. The molecule has 0 radical (unpaired) electrons. The van der Waals surface area contributed by atoms with E-state index in [-0.39, 0.29) is 4.90 Å². The van der Waals surface area contributed by atoms with Crippen LogP contribution in [0.4, 0.5) is 0 Å². The molecule has 116 valence electrons. The number of halogens is 1. The highest BCUT2D eigenvalue weighted by molar-refractivity contribution is 14.1. The summed E-state index contributed by atoms with van der Waals surface area (Å²) in [5, 5.41) is 0. The molecule has 0 aliphatic heterocycles. The predicted molar refractivity (Wildman–Crippen MR) is 101 cm³/mol. The van der Waals surface area contributed by atoms with E-state index in [1.54, 1.807) is 36.7 Å². The molecule has 0 N–H and O–H groups in total. The second-order valence-electron chi connectivity index (χ2n) is 6.17. The summed E-state index contributed by atoms with van der Waals surface area (Å²) in [6, 6.07) is 6.86.